The molecular formula is C21H28ClN5. The molecule has 1 aliphatic heterocycles. The molecule has 1 saturated heterocycles. The summed E-state index contributed by atoms with van der Waals surface area (Å²) in [5.74, 6) is 1.79. The zero-order valence-corrected chi connectivity index (χ0v) is 16.5. The Bertz CT molecular complexity index is 737. The Morgan fingerprint density at radius 2 is 1.67 bits per heavy atom. The van der Waals surface area contributed by atoms with Crippen LogP contribution in [0.4, 0.5) is 17.5 Å². The third kappa shape index (κ3) is 4.83. The molecule has 1 N–H and O–H groups in total. The van der Waals surface area contributed by atoms with Crippen LogP contribution in [0.5, 0.6) is 0 Å². The van der Waals surface area contributed by atoms with Gasteiger partial charge in [-0.1, -0.05) is 43.4 Å². The summed E-state index contributed by atoms with van der Waals surface area (Å²) in [4.78, 5) is 14.0. The summed E-state index contributed by atoms with van der Waals surface area (Å²) in [5, 5.41) is 4.36. The molecule has 0 unspecified atom stereocenters. The smallest absolute Gasteiger partial charge is 0.224 e. The largest absolute Gasteiger partial charge is 0.368 e. The van der Waals surface area contributed by atoms with Crippen molar-refractivity contribution in [1.29, 1.82) is 0 Å². The number of aromatic nitrogens is 2. The molecule has 0 radical (unpaired) electrons. The molecule has 144 valence electrons. The van der Waals surface area contributed by atoms with Gasteiger partial charge in [0, 0.05) is 49.1 Å². The van der Waals surface area contributed by atoms with Gasteiger partial charge in [0.25, 0.3) is 0 Å². The Morgan fingerprint density at radius 1 is 0.926 bits per heavy atom. The lowest BCUT2D eigenvalue weighted by Gasteiger charge is -2.36. The zero-order chi connectivity index (χ0) is 18.5. The molecule has 0 atom stereocenters. The van der Waals surface area contributed by atoms with Crippen molar-refractivity contribution in [2.24, 2.45) is 0 Å². The maximum atomic E-state index is 6.14. The Balaban J connectivity index is 1.37. The molecule has 2 heterocycles. The molecule has 6 heteroatoms. The van der Waals surface area contributed by atoms with Crippen LogP contribution in [-0.4, -0.2) is 42.2 Å². The molecule has 0 spiro atoms. The van der Waals surface area contributed by atoms with E-state index in [2.05, 4.69) is 26.2 Å². The van der Waals surface area contributed by atoms with Gasteiger partial charge in [0.1, 0.15) is 5.82 Å². The van der Waals surface area contributed by atoms with Gasteiger partial charge in [0.05, 0.1) is 0 Å². The Morgan fingerprint density at radius 3 is 2.41 bits per heavy atom. The quantitative estimate of drug-likeness (QED) is 0.779. The summed E-state index contributed by atoms with van der Waals surface area (Å²) in [7, 11) is 0. The fraction of sp³-hybridized carbons (Fsp3) is 0.524. The summed E-state index contributed by atoms with van der Waals surface area (Å²) < 4.78 is 0. The van der Waals surface area contributed by atoms with Crippen LogP contribution in [-0.2, 0) is 0 Å². The first-order chi connectivity index (χ1) is 13.3. The first-order valence-corrected chi connectivity index (χ1v) is 10.5. The van der Waals surface area contributed by atoms with Gasteiger partial charge in [-0.15, -0.1) is 0 Å². The van der Waals surface area contributed by atoms with E-state index >= 15 is 0 Å². The van der Waals surface area contributed by atoms with E-state index in [1.165, 1.54) is 44.2 Å². The average Bonchev–Trinajstić information content (AvgIpc) is 2.97. The van der Waals surface area contributed by atoms with Crippen LogP contribution in [0.25, 0.3) is 0 Å². The van der Waals surface area contributed by atoms with Crippen LogP contribution < -0.4 is 15.1 Å². The van der Waals surface area contributed by atoms with Gasteiger partial charge in [-0.25, -0.2) is 4.98 Å². The molecule has 1 saturated carbocycles. The van der Waals surface area contributed by atoms with E-state index in [1.54, 1.807) is 0 Å². The second kappa shape index (κ2) is 8.79. The van der Waals surface area contributed by atoms with E-state index in [0.717, 1.165) is 43.0 Å². The first-order valence-electron chi connectivity index (χ1n) is 10.1. The number of hydrogen-bond donors (Lipinski definition) is 1. The van der Waals surface area contributed by atoms with Gasteiger partial charge < -0.3 is 15.1 Å². The number of nitrogens with zero attached hydrogens (tertiary/aromatic N) is 4. The number of nitrogens with one attached hydrogen (secondary N) is 1. The summed E-state index contributed by atoms with van der Waals surface area (Å²) in [6, 6.07) is 10.6. The van der Waals surface area contributed by atoms with Crippen LogP contribution in [0.1, 0.15) is 38.5 Å². The van der Waals surface area contributed by atoms with E-state index in [-0.39, 0.29) is 0 Å². The molecule has 2 aliphatic rings. The highest BCUT2D eigenvalue weighted by atomic mass is 35.5. The van der Waals surface area contributed by atoms with Gasteiger partial charge >= 0.3 is 0 Å². The van der Waals surface area contributed by atoms with Crippen molar-refractivity contribution in [3.8, 4) is 0 Å². The molecular weight excluding hydrogens is 358 g/mol. The van der Waals surface area contributed by atoms with Gasteiger partial charge in [-0.3, -0.25) is 0 Å². The minimum Gasteiger partial charge on any atom is -0.368 e. The molecule has 1 aliphatic carbocycles. The van der Waals surface area contributed by atoms with Crippen molar-refractivity contribution in [2.75, 3.05) is 41.3 Å². The lowest BCUT2D eigenvalue weighted by atomic mass is 10.1. The number of halogens is 1. The number of piperazine rings is 1. The third-order valence-electron chi connectivity index (χ3n) is 5.61. The van der Waals surface area contributed by atoms with Crippen molar-refractivity contribution in [2.45, 2.75) is 44.6 Å². The number of anilines is 3. The minimum atomic E-state index is 0.516. The van der Waals surface area contributed by atoms with Crippen LogP contribution >= 0.6 is 11.6 Å². The van der Waals surface area contributed by atoms with Crippen molar-refractivity contribution >= 4 is 29.1 Å². The van der Waals surface area contributed by atoms with Gasteiger partial charge in [0.2, 0.25) is 5.95 Å². The van der Waals surface area contributed by atoms with Crippen LogP contribution in [0.15, 0.2) is 36.5 Å². The number of benzene rings is 1. The van der Waals surface area contributed by atoms with Crippen molar-refractivity contribution in [3.05, 3.63) is 41.6 Å². The fourth-order valence-electron chi connectivity index (χ4n) is 4.07. The SMILES string of the molecule is Clc1cccc(N2CCN(c3ccnc(NC4CCCCCC4)n3)CC2)c1. The second-order valence-corrected chi connectivity index (χ2v) is 7.96. The summed E-state index contributed by atoms with van der Waals surface area (Å²) in [6.07, 6.45) is 9.67. The van der Waals surface area contributed by atoms with E-state index in [0.29, 0.717) is 6.04 Å². The van der Waals surface area contributed by atoms with Crippen LogP contribution in [0.3, 0.4) is 0 Å². The van der Waals surface area contributed by atoms with Crippen molar-refractivity contribution < 1.29 is 0 Å². The first kappa shape index (κ1) is 18.4. The summed E-state index contributed by atoms with van der Waals surface area (Å²) in [6.45, 7) is 3.84. The standard InChI is InChI=1S/C21H28ClN5/c22-17-6-5-9-19(16-17)26-12-14-27(15-13-26)20-10-11-23-21(25-20)24-18-7-3-1-2-4-8-18/h5-6,9-11,16,18H,1-4,7-8,12-15H2,(H,23,24,25). The monoisotopic (exact) mass is 385 g/mol. The fourth-order valence-corrected chi connectivity index (χ4v) is 4.25. The Kier molecular flexibility index (Phi) is 5.97. The Labute approximate surface area is 166 Å². The molecule has 1 aromatic carbocycles. The number of hydrogen-bond acceptors (Lipinski definition) is 5. The maximum Gasteiger partial charge on any atom is 0.224 e. The third-order valence-corrected chi connectivity index (χ3v) is 5.84. The molecule has 2 aromatic rings. The van der Waals surface area contributed by atoms with Crippen LogP contribution in [0.2, 0.25) is 5.02 Å². The predicted octanol–water partition coefficient (Wildman–Crippen LogP) is 4.59. The molecule has 5 nitrogen and oxygen atoms in total. The highest BCUT2D eigenvalue weighted by molar-refractivity contribution is 6.30. The lowest BCUT2D eigenvalue weighted by Crippen LogP contribution is -2.46. The lowest BCUT2D eigenvalue weighted by molar-refractivity contribution is 0.613. The molecule has 0 bridgehead atoms. The predicted molar refractivity (Wildman–Crippen MR) is 113 cm³/mol. The molecule has 1 aromatic heterocycles. The zero-order valence-electron chi connectivity index (χ0n) is 15.8. The topological polar surface area (TPSA) is 44.3 Å². The van der Waals surface area contributed by atoms with E-state index in [1.807, 2.05) is 30.5 Å². The van der Waals surface area contributed by atoms with Gasteiger partial charge in [-0.2, -0.15) is 4.98 Å². The second-order valence-electron chi connectivity index (χ2n) is 7.53. The highest BCUT2D eigenvalue weighted by Crippen LogP contribution is 2.23. The summed E-state index contributed by atoms with van der Waals surface area (Å²) in [5.41, 5.74) is 1.19. The van der Waals surface area contributed by atoms with E-state index < -0.39 is 0 Å². The Hall–Kier alpha value is -2.01. The van der Waals surface area contributed by atoms with Crippen molar-refractivity contribution in [3.63, 3.8) is 0 Å². The van der Waals surface area contributed by atoms with Crippen molar-refractivity contribution in [1.82, 2.24) is 9.97 Å². The molecule has 27 heavy (non-hydrogen) atoms. The van der Waals surface area contributed by atoms with Crippen LogP contribution in [0, 0.1) is 0 Å². The van der Waals surface area contributed by atoms with E-state index in [4.69, 9.17) is 16.6 Å². The normalized spacial score (nSPS) is 19.0. The average molecular weight is 386 g/mol. The van der Waals surface area contributed by atoms with E-state index in [9.17, 15) is 0 Å². The van der Waals surface area contributed by atoms with Gasteiger partial charge in [0.15, 0.2) is 0 Å². The molecule has 0 amide bonds. The highest BCUT2D eigenvalue weighted by Gasteiger charge is 2.19. The van der Waals surface area contributed by atoms with Gasteiger partial charge in [-0.05, 0) is 37.1 Å². The molecule has 2 fully saturated rings. The molecule has 4 rings (SSSR count). The summed E-state index contributed by atoms with van der Waals surface area (Å²) >= 11 is 6.14. The number of rotatable bonds is 4. The maximum absolute atomic E-state index is 6.14. The minimum absolute atomic E-state index is 0.516.